The molecule has 124 valence electrons. The van der Waals surface area contributed by atoms with Crippen LogP contribution in [0.1, 0.15) is 27.2 Å². The summed E-state index contributed by atoms with van der Waals surface area (Å²) in [7, 11) is -0.949. The summed E-state index contributed by atoms with van der Waals surface area (Å²) in [5.41, 5.74) is -1.87. The molecule has 6 atom stereocenters. The van der Waals surface area contributed by atoms with Gasteiger partial charge >= 0.3 is 0 Å². The Morgan fingerprint density at radius 1 is 1.29 bits per heavy atom. The maximum Gasteiger partial charge on any atom is 0.192 e. The third-order valence-corrected chi connectivity index (χ3v) is 9.61. The monoisotopic (exact) mass is 324 g/mol. The largest absolute Gasteiger partial charge is 0.408 e. The standard InChI is InChI=1S/C14H26F2O4Si/c1-13(2,3)21(5,6)20-9-8(15)7-14(17)10(16)12(18-4)19-11(9)14/h8-12,17H,7H2,1-6H3/t8-,9-,10-,11?,12?,14+/m1/s1. The highest BCUT2D eigenvalue weighted by molar-refractivity contribution is 6.74. The lowest BCUT2D eigenvalue weighted by atomic mass is 9.96. The van der Waals surface area contributed by atoms with Crippen molar-refractivity contribution in [1.82, 2.24) is 0 Å². The van der Waals surface area contributed by atoms with E-state index < -0.39 is 44.8 Å². The molecule has 0 spiro atoms. The summed E-state index contributed by atoms with van der Waals surface area (Å²) in [6.45, 7) is 10.1. The Morgan fingerprint density at radius 3 is 2.33 bits per heavy atom. The van der Waals surface area contributed by atoms with E-state index in [0.717, 1.165) is 0 Å². The quantitative estimate of drug-likeness (QED) is 0.811. The van der Waals surface area contributed by atoms with Crippen molar-refractivity contribution in [3.8, 4) is 0 Å². The van der Waals surface area contributed by atoms with Crippen molar-refractivity contribution in [2.24, 2.45) is 0 Å². The van der Waals surface area contributed by atoms with Crippen LogP contribution in [0.5, 0.6) is 0 Å². The van der Waals surface area contributed by atoms with Crippen molar-refractivity contribution in [1.29, 1.82) is 0 Å². The molecule has 2 unspecified atom stereocenters. The molecule has 1 heterocycles. The average molecular weight is 324 g/mol. The molecule has 0 radical (unpaired) electrons. The molecule has 2 rings (SSSR count). The van der Waals surface area contributed by atoms with Crippen LogP contribution in [0.2, 0.25) is 18.1 Å². The van der Waals surface area contributed by atoms with Crippen molar-refractivity contribution >= 4 is 8.32 Å². The Morgan fingerprint density at radius 2 is 1.86 bits per heavy atom. The number of rotatable bonds is 3. The zero-order valence-electron chi connectivity index (χ0n) is 13.5. The Bertz CT molecular complexity index is 401. The molecule has 1 aliphatic carbocycles. The predicted octanol–water partition coefficient (Wildman–Crippen LogP) is 2.56. The van der Waals surface area contributed by atoms with Gasteiger partial charge in [0.05, 0.1) is 0 Å². The van der Waals surface area contributed by atoms with Crippen LogP contribution in [0.15, 0.2) is 0 Å². The second-order valence-electron chi connectivity index (χ2n) is 7.62. The number of halogens is 2. The summed E-state index contributed by atoms with van der Waals surface area (Å²) < 4.78 is 44.9. The highest BCUT2D eigenvalue weighted by atomic mass is 28.4. The molecule has 1 saturated carbocycles. The highest BCUT2D eigenvalue weighted by Gasteiger charge is 2.67. The van der Waals surface area contributed by atoms with Gasteiger partial charge in [0, 0.05) is 13.5 Å². The number of methoxy groups -OCH3 is 1. The first-order valence-electron chi connectivity index (χ1n) is 7.30. The minimum atomic E-state index is -2.25. The molecule has 0 aromatic heterocycles. The van der Waals surface area contributed by atoms with Crippen molar-refractivity contribution in [2.75, 3.05) is 7.11 Å². The van der Waals surface area contributed by atoms with E-state index in [2.05, 4.69) is 0 Å². The minimum Gasteiger partial charge on any atom is -0.408 e. The second kappa shape index (κ2) is 5.23. The van der Waals surface area contributed by atoms with E-state index in [4.69, 9.17) is 13.9 Å². The third-order valence-electron chi connectivity index (χ3n) is 5.14. The van der Waals surface area contributed by atoms with Crippen LogP contribution in [0, 0.1) is 0 Å². The number of ether oxygens (including phenoxy) is 2. The number of alkyl halides is 2. The van der Waals surface area contributed by atoms with Gasteiger partial charge in [-0.15, -0.1) is 0 Å². The third kappa shape index (κ3) is 2.67. The van der Waals surface area contributed by atoms with E-state index in [1.807, 2.05) is 33.9 Å². The zero-order valence-corrected chi connectivity index (χ0v) is 14.5. The summed E-state index contributed by atoms with van der Waals surface area (Å²) in [5, 5.41) is 10.3. The lowest BCUT2D eigenvalue weighted by molar-refractivity contribution is -0.155. The summed E-state index contributed by atoms with van der Waals surface area (Å²) in [5.74, 6) is 0. The zero-order chi connectivity index (χ0) is 16.2. The number of aliphatic hydroxyl groups is 1. The fourth-order valence-electron chi connectivity index (χ4n) is 2.76. The van der Waals surface area contributed by atoms with Gasteiger partial charge in [-0.3, -0.25) is 0 Å². The van der Waals surface area contributed by atoms with Gasteiger partial charge in [-0.2, -0.15) is 0 Å². The fraction of sp³-hybridized carbons (Fsp3) is 1.00. The molecule has 1 N–H and O–H groups in total. The summed E-state index contributed by atoms with van der Waals surface area (Å²) in [6, 6.07) is 0. The van der Waals surface area contributed by atoms with Gasteiger partial charge in [-0.05, 0) is 18.1 Å². The average Bonchev–Trinajstić information content (AvgIpc) is 2.70. The van der Waals surface area contributed by atoms with Gasteiger partial charge in [0.25, 0.3) is 0 Å². The maximum atomic E-state index is 14.3. The summed E-state index contributed by atoms with van der Waals surface area (Å²) in [6.07, 6.45) is -6.67. The smallest absolute Gasteiger partial charge is 0.192 e. The van der Waals surface area contributed by atoms with Gasteiger partial charge < -0.3 is 19.0 Å². The number of hydrogen-bond acceptors (Lipinski definition) is 4. The number of hydrogen-bond donors (Lipinski definition) is 1. The molecule has 21 heavy (non-hydrogen) atoms. The van der Waals surface area contributed by atoms with Crippen LogP contribution in [0.25, 0.3) is 0 Å². The van der Waals surface area contributed by atoms with E-state index in [1.54, 1.807) is 0 Å². The molecule has 0 bridgehead atoms. The van der Waals surface area contributed by atoms with Crippen LogP contribution in [0.3, 0.4) is 0 Å². The summed E-state index contributed by atoms with van der Waals surface area (Å²) >= 11 is 0. The normalized spacial score (nSPS) is 44.1. The Labute approximate surface area is 125 Å². The van der Waals surface area contributed by atoms with Gasteiger partial charge in [0.2, 0.25) is 0 Å². The van der Waals surface area contributed by atoms with Crippen LogP contribution >= 0.6 is 0 Å². The molecule has 0 amide bonds. The molecule has 2 aliphatic rings. The molecular weight excluding hydrogens is 298 g/mol. The van der Waals surface area contributed by atoms with Crippen LogP contribution in [-0.2, 0) is 13.9 Å². The van der Waals surface area contributed by atoms with Gasteiger partial charge in [-0.25, -0.2) is 8.78 Å². The molecule has 1 saturated heterocycles. The second-order valence-corrected chi connectivity index (χ2v) is 12.4. The first-order valence-corrected chi connectivity index (χ1v) is 10.2. The molecule has 4 nitrogen and oxygen atoms in total. The van der Waals surface area contributed by atoms with E-state index >= 15 is 0 Å². The van der Waals surface area contributed by atoms with Crippen LogP contribution < -0.4 is 0 Å². The topological polar surface area (TPSA) is 47.9 Å². The first kappa shape index (κ1) is 17.3. The van der Waals surface area contributed by atoms with Crippen LogP contribution in [-0.4, -0.2) is 57.0 Å². The number of fused-ring (bicyclic) bond motifs is 1. The van der Waals surface area contributed by atoms with Crippen molar-refractivity contribution in [2.45, 2.75) is 81.8 Å². The summed E-state index contributed by atoms with van der Waals surface area (Å²) in [4.78, 5) is 0. The van der Waals surface area contributed by atoms with Gasteiger partial charge in [0.15, 0.2) is 20.8 Å². The van der Waals surface area contributed by atoms with Gasteiger partial charge in [-0.1, -0.05) is 20.8 Å². The lowest BCUT2D eigenvalue weighted by Gasteiger charge is -2.40. The van der Waals surface area contributed by atoms with Crippen molar-refractivity contribution in [3.63, 3.8) is 0 Å². The first-order chi connectivity index (χ1) is 9.44. The molecule has 0 aromatic rings. The van der Waals surface area contributed by atoms with Gasteiger partial charge in [0.1, 0.15) is 24.0 Å². The molecule has 2 fully saturated rings. The molecule has 7 heteroatoms. The molecule has 1 aliphatic heterocycles. The van der Waals surface area contributed by atoms with Crippen LogP contribution in [0.4, 0.5) is 8.78 Å². The van der Waals surface area contributed by atoms with Crippen molar-refractivity contribution in [3.05, 3.63) is 0 Å². The Balaban J connectivity index is 2.22. The fourth-order valence-corrected chi connectivity index (χ4v) is 4.07. The predicted molar refractivity (Wildman–Crippen MR) is 77.1 cm³/mol. The molecule has 0 aromatic carbocycles. The highest BCUT2D eigenvalue weighted by Crippen LogP contribution is 2.49. The van der Waals surface area contributed by atoms with Crippen molar-refractivity contribution < 1.29 is 27.8 Å². The van der Waals surface area contributed by atoms with E-state index in [1.165, 1.54) is 7.11 Å². The van der Waals surface area contributed by atoms with E-state index in [0.29, 0.717) is 0 Å². The Kier molecular flexibility index (Phi) is 4.30. The minimum absolute atomic E-state index is 0.109. The lowest BCUT2D eigenvalue weighted by Crippen LogP contribution is -2.50. The molecular formula is C14H26F2O4Si. The van der Waals surface area contributed by atoms with E-state index in [9.17, 15) is 13.9 Å². The van der Waals surface area contributed by atoms with E-state index in [-0.39, 0.29) is 11.5 Å². The Hall–Kier alpha value is -0.0831. The maximum absolute atomic E-state index is 14.3. The SMILES string of the molecule is COC1OC2[C@H](O[Si](C)(C)C(C)(C)C)[C@H](F)C[C@]2(O)[C@@H]1F.